The molecule has 0 saturated heterocycles. The van der Waals surface area contributed by atoms with Crippen molar-refractivity contribution >= 4 is 44.7 Å². The Morgan fingerprint density at radius 1 is 1.24 bits per heavy atom. The van der Waals surface area contributed by atoms with Crippen LogP contribution in [-0.2, 0) is 9.84 Å². The SMILES string of the molecule is CSc1nnc(SCCS(=O)(=O)c2ccc(C#N)cc2)s1. The Morgan fingerprint density at radius 2 is 1.90 bits per heavy atom. The monoisotopic (exact) mass is 357 g/mol. The Labute approximate surface area is 135 Å². The second kappa shape index (κ2) is 7.26. The lowest BCUT2D eigenvalue weighted by atomic mass is 10.2. The molecule has 1 aromatic carbocycles. The van der Waals surface area contributed by atoms with Crippen LogP contribution in [0.3, 0.4) is 0 Å². The van der Waals surface area contributed by atoms with E-state index >= 15 is 0 Å². The zero-order valence-electron chi connectivity index (χ0n) is 11.0. The molecule has 0 aliphatic carbocycles. The van der Waals surface area contributed by atoms with Crippen LogP contribution in [0.2, 0.25) is 0 Å². The molecule has 0 radical (unpaired) electrons. The van der Waals surface area contributed by atoms with Crippen LogP contribution in [0.15, 0.2) is 37.8 Å². The van der Waals surface area contributed by atoms with Gasteiger partial charge in [-0.2, -0.15) is 5.26 Å². The van der Waals surface area contributed by atoms with E-state index < -0.39 is 9.84 Å². The van der Waals surface area contributed by atoms with Gasteiger partial charge in [-0.1, -0.05) is 34.9 Å². The Kier molecular flexibility index (Phi) is 5.64. The first-order valence-corrected chi connectivity index (χ1v) is 10.5. The highest BCUT2D eigenvalue weighted by Crippen LogP contribution is 2.27. The number of hydrogen-bond donors (Lipinski definition) is 0. The van der Waals surface area contributed by atoms with Crippen LogP contribution in [0.1, 0.15) is 5.56 Å². The molecule has 21 heavy (non-hydrogen) atoms. The highest BCUT2D eigenvalue weighted by molar-refractivity contribution is 8.03. The van der Waals surface area contributed by atoms with Crippen molar-refractivity contribution in [1.82, 2.24) is 10.2 Å². The van der Waals surface area contributed by atoms with Crippen LogP contribution in [0.4, 0.5) is 0 Å². The summed E-state index contributed by atoms with van der Waals surface area (Å²) in [6, 6.07) is 7.92. The average Bonchev–Trinajstić information content (AvgIpc) is 2.95. The molecule has 0 amide bonds. The number of thioether (sulfide) groups is 2. The topological polar surface area (TPSA) is 83.7 Å². The lowest BCUT2D eigenvalue weighted by molar-refractivity contribution is 0.597. The number of nitrogens with zero attached hydrogens (tertiary/aromatic N) is 3. The molecule has 0 saturated carbocycles. The predicted molar refractivity (Wildman–Crippen MR) is 85.6 cm³/mol. The second-order valence-corrected chi connectivity index (χ2v) is 9.32. The molecule has 0 bridgehead atoms. The fourth-order valence-electron chi connectivity index (χ4n) is 1.43. The molecular weight excluding hydrogens is 346 g/mol. The lowest BCUT2D eigenvalue weighted by Gasteiger charge is -2.03. The van der Waals surface area contributed by atoms with E-state index in [1.807, 2.05) is 12.3 Å². The Balaban J connectivity index is 1.96. The second-order valence-electron chi connectivity index (χ2n) is 3.84. The van der Waals surface area contributed by atoms with Crippen LogP contribution in [0.5, 0.6) is 0 Å². The highest BCUT2D eigenvalue weighted by Gasteiger charge is 2.15. The molecule has 9 heteroatoms. The molecule has 110 valence electrons. The molecule has 1 heterocycles. The summed E-state index contributed by atoms with van der Waals surface area (Å²) in [6.07, 6.45) is 1.92. The fourth-order valence-corrected chi connectivity index (χ4v) is 5.59. The van der Waals surface area contributed by atoms with E-state index in [4.69, 9.17) is 5.26 Å². The minimum atomic E-state index is -3.33. The van der Waals surface area contributed by atoms with E-state index in [9.17, 15) is 8.42 Å². The van der Waals surface area contributed by atoms with E-state index in [1.54, 1.807) is 0 Å². The molecule has 5 nitrogen and oxygen atoms in total. The van der Waals surface area contributed by atoms with Crippen LogP contribution >= 0.6 is 34.9 Å². The first-order valence-electron chi connectivity index (χ1n) is 5.78. The fraction of sp³-hybridized carbons (Fsp3) is 0.250. The van der Waals surface area contributed by atoms with Gasteiger partial charge in [-0.15, -0.1) is 10.2 Å². The van der Waals surface area contributed by atoms with Gasteiger partial charge in [0.2, 0.25) is 0 Å². The van der Waals surface area contributed by atoms with Crippen molar-refractivity contribution in [1.29, 1.82) is 5.26 Å². The van der Waals surface area contributed by atoms with E-state index in [-0.39, 0.29) is 10.6 Å². The average molecular weight is 358 g/mol. The molecule has 0 aliphatic rings. The quantitative estimate of drug-likeness (QED) is 0.735. The summed E-state index contributed by atoms with van der Waals surface area (Å²) in [7, 11) is -3.33. The van der Waals surface area contributed by atoms with Crippen LogP contribution in [0.25, 0.3) is 0 Å². The van der Waals surface area contributed by atoms with Gasteiger partial charge >= 0.3 is 0 Å². The molecule has 0 atom stereocenters. The van der Waals surface area contributed by atoms with Crippen LogP contribution in [0, 0.1) is 11.3 Å². The maximum atomic E-state index is 12.2. The zero-order chi connectivity index (χ0) is 15.3. The minimum Gasteiger partial charge on any atom is -0.224 e. The van der Waals surface area contributed by atoms with Gasteiger partial charge in [0.1, 0.15) is 0 Å². The van der Waals surface area contributed by atoms with E-state index in [0.717, 1.165) is 8.68 Å². The van der Waals surface area contributed by atoms with Gasteiger partial charge in [-0.05, 0) is 30.5 Å². The summed E-state index contributed by atoms with van der Waals surface area (Å²) < 4.78 is 25.9. The summed E-state index contributed by atoms with van der Waals surface area (Å²) in [4.78, 5) is 0.240. The predicted octanol–water partition coefficient (Wildman–Crippen LogP) is 2.70. The summed E-state index contributed by atoms with van der Waals surface area (Å²) >= 11 is 4.36. The third-order valence-corrected chi connectivity index (χ3v) is 7.51. The van der Waals surface area contributed by atoms with Crippen LogP contribution < -0.4 is 0 Å². The summed E-state index contributed by atoms with van der Waals surface area (Å²) in [5, 5.41) is 16.6. The smallest absolute Gasteiger partial charge is 0.179 e. The summed E-state index contributed by atoms with van der Waals surface area (Å²) in [5.74, 6) is 0.448. The molecule has 2 rings (SSSR count). The van der Waals surface area contributed by atoms with Crippen molar-refractivity contribution in [3.05, 3.63) is 29.8 Å². The van der Waals surface area contributed by atoms with E-state index in [1.165, 1.54) is 59.1 Å². The molecule has 0 unspecified atom stereocenters. The van der Waals surface area contributed by atoms with Crippen molar-refractivity contribution in [3.63, 3.8) is 0 Å². The normalized spacial score (nSPS) is 11.2. The van der Waals surface area contributed by atoms with Gasteiger partial charge in [-0.3, -0.25) is 0 Å². The van der Waals surface area contributed by atoms with Gasteiger partial charge in [0, 0.05) is 5.75 Å². The standard InChI is InChI=1S/C12H11N3O2S4/c1-18-11-14-15-12(20-11)19-6-7-21(16,17)10-4-2-9(8-13)3-5-10/h2-5H,6-7H2,1H3. The van der Waals surface area contributed by atoms with Crippen molar-refractivity contribution < 1.29 is 8.42 Å². The lowest BCUT2D eigenvalue weighted by Crippen LogP contribution is -2.08. The third-order valence-electron chi connectivity index (χ3n) is 2.48. The molecule has 1 aromatic heterocycles. The minimum absolute atomic E-state index is 0.0255. The Bertz CT molecular complexity index is 748. The van der Waals surface area contributed by atoms with Gasteiger partial charge in [0.25, 0.3) is 0 Å². The van der Waals surface area contributed by atoms with Crippen molar-refractivity contribution in [2.24, 2.45) is 0 Å². The van der Waals surface area contributed by atoms with E-state index in [2.05, 4.69) is 10.2 Å². The maximum Gasteiger partial charge on any atom is 0.179 e. The Hall–Kier alpha value is -1.08. The van der Waals surface area contributed by atoms with Gasteiger partial charge < -0.3 is 0 Å². The molecule has 0 N–H and O–H groups in total. The van der Waals surface area contributed by atoms with Gasteiger partial charge in [0.05, 0.1) is 22.3 Å². The van der Waals surface area contributed by atoms with E-state index in [0.29, 0.717) is 11.3 Å². The number of sulfone groups is 1. The number of aromatic nitrogens is 2. The first kappa shape index (κ1) is 16.3. The molecular formula is C12H11N3O2S4. The number of benzene rings is 1. The molecule has 0 spiro atoms. The Morgan fingerprint density at radius 3 is 2.48 bits per heavy atom. The number of nitriles is 1. The third kappa shape index (κ3) is 4.44. The van der Waals surface area contributed by atoms with Crippen molar-refractivity contribution in [2.75, 3.05) is 17.8 Å². The highest BCUT2D eigenvalue weighted by atomic mass is 32.2. The number of rotatable bonds is 6. The van der Waals surface area contributed by atoms with Crippen LogP contribution in [-0.4, -0.2) is 36.4 Å². The largest absolute Gasteiger partial charge is 0.224 e. The molecule has 2 aromatic rings. The summed E-state index contributed by atoms with van der Waals surface area (Å²) in [6.45, 7) is 0. The van der Waals surface area contributed by atoms with Crippen molar-refractivity contribution in [2.45, 2.75) is 13.6 Å². The maximum absolute atomic E-state index is 12.2. The zero-order valence-corrected chi connectivity index (χ0v) is 14.3. The first-order chi connectivity index (χ1) is 10.0. The summed E-state index contributed by atoms with van der Waals surface area (Å²) in [5.41, 5.74) is 0.446. The van der Waals surface area contributed by atoms with Gasteiger partial charge in [0.15, 0.2) is 18.5 Å². The molecule has 0 fully saturated rings. The van der Waals surface area contributed by atoms with Gasteiger partial charge in [-0.25, -0.2) is 8.42 Å². The number of hydrogen-bond acceptors (Lipinski definition) is 8. The molecule has 0 aliphatic heterocycles. The van der Waals surface area contributed by atoms with Crippen molar-refractivity contribution in [3.8, 4) is 6.07 Å².